The van der Waals surface area contributed by atoms with Gasteiger partial charge in [-0.2, -0.15) is 17.0 Å². The fourth-order valence-corrected chi connectivity index (χ4v) is 5.97. The molecule has 2 fully saturated rings. The van der Waals surface area contributed by atoms with Crippen LogP contribution in [0, 0.1) is 16.7 Å². The van der Waals surface area contributed by atoms with E-state index < -0.39 is 0 Å². The predicted molar refractivity (Wildman–Crippen MR) is 109 cm³/mol. The van der Waals surface area contributed by atoms with Crippen molar-refractivity contribution >= 4 is 17.5 Å². The Morgan fingerprint density at radius 3 is 3.00 bits per heavy atom. The normalized spacial score (nSPS) is 29.8. The lowest BCUT2D eigenvalue weighted by Gasteiger charge is -2.34. The molecule has 3 heterocycles. The van der Waals surface area contributed by atoms with Gasteiger partial charge in [0.2, 0.25) is 0 Å². The van der Waals surface area contributed by atoms with E-state index in [0.29, 0.717) is 0 Å². The first-order valence-corrected chi connectivity index (χ1v) is 10.8. The van der Waals surface area contributed by atoms with Crippen LogP contribution in [0.5, 0.6) is 0 Å². The van der Waals surface area contributed by atoms with Crippen molar-refractivity contribution < 1.29 is 0 Å². The second-order valence-corrected chi connectivity index (χ2v) is 8.47. The highest BCUT2D eigenvalue weighted by Crippen LogP contribution is 2.50. The van der Waals surface area contributed by atoms with Gasteiger partial charge in [-0.15, -0.1) is 0 Å². The highest BCUT2D eigenvalue weighted by Gasteiger charge is 2.46. The molecule has 4 rings (SSSR count). The molecule has 0 aromatic heterocycles. The van der Waals surface area contributed by atoms with E-state index in [1.165, 1.54) is 43.6 Å². The van der Waals surface area contributed by atoms with E-state index in [1.807, 2.05) is 18.0 Å². The summed E-state index contributed by atoms with van der Waals surface area (Å²) in [5, 5.41) is 12.8. The van der Waals surface area contributed by atoms with Gasteiger partial charge in [0.15, 0.2) is 0 Å². The van der Waals surface area contributed by atoms with Crippen LogP contribution in [-0.2, 0) is 0 Å². The number of hydrogen-bond donors (Lipinski definition) is 1. The topological polar surface area (TPSA) is 51.4 Å². The summed E-state index contributed by atoms with van der Waals surface area (Å²) in [6.45, 7) is 4.57. The van der Waals surface area contributed by atoms with Crippen LogP contribution in [0.4, 0.5) is 0 Å². The zero-order valence-electron chi connectivity index (χ0n) is 15.2. The van der Waals surface area contributed by atoms with Crippen LogP contribution >= 0.6 is 11.8 Å². The summed E-state index contributed by atoms with van der Waals surface area (Å²) < 4.78 is 0. The average Bonchev–Trinajstić information content (AvgIpc) is 3.00. The lowest BCUT2D eigenvalue weighted by Crippen LogP contribution is -2.38. The van der Waals surface area contributed by atoms with Crippen LogP contribution in [0.1, 0.15) is 25.7 Å². The van der Waals surface area contributed by atoms with Crippen LogP contribution < -0.4 is 5.32 Å². The molecule has 26 heavy (non-hydrogen) atoms. The highest BCUT2D eigenvalue weighted by atomic mass is 32.2. The van der Waals surface area contributed by atoms with E-state index in [4.69, 9.17) is 10.3 Å². The van der Waals surface area contributed by atoms with Crippen molar-refractivity contribution in [3.63, 3.8) is 0 Å². The molecule has 4 aliphatic rings. The number of nitrogens with one attached hydrogen (secondary N) is 1. The maximum Gasteiger partial charge on any atom is 0.0914 e. The molecule has 1 spiro atoms. The first-order chi connectivity index (χ1) is 12.8. The summed E-state index contributed by atoms with van der Waals surface area (Å²) in [5.41, 5.74) is 4.93. The number of likely N-dealkylation sites (tertiary alicyclic amines) is 1. The molecular weight excluding hydrogens is 340 g/mol. The van der Waals surface area contributed by atoms with Crippen molar-refractivity contribution in [3.8, 4) is 6.07 Å². The lowest BCUT2D eigenvalue weighted by molar-refractivity contribution is 0.231. The van der Waals surface area contributed by atoms with E-state index >= 15 is 0 Å². The molecule has 0 radical (unpaired) electrons. The van der Waals surface area contributed by atoms with Crippen molar-refractivity contribution in [1.82, 2.24) is 10.2 Å². The van der Waals surface area contributed by atoms with Gasteiger partial charge in [0, 0.05) is 48.0 Å². The van der Waals surface area contributed by atoms with Gasteiger partial charge < -0.3 is 10.2 Å². The summed E-state index contributed by atoms with van der Waals surface area (Å²) in [6, 6.07) is 2.19. The maximum atomic E-state index is 9.06. The quantitative estimate of drug-likeness (QED) is 0.775. The van der Waals surface area contributed by atoms with Crippen LogP contribution in [0.2, 0.25) is 0 Å². The Morgan fingerprint density at radius 1 is 1.27 bits per heavy atom. The van der Waals surface area contributed by atoms with Gasteiger partial charge in [-0.05, 0) is 55.7 Å². The summed E-state index contributed by atoms with van der Waals surface area (Å²) in [6.07, 6.45) is 14.9. The number of thioether (sulfide) groups is 1. The zero-order chi connectivity index (χ0) is 17.8. The fourth-order valence-electron chi connectivity index (χ4n) is 4.46. The minimum absolute atomic E-state index is 0.0426. The van der Waals surface area contributed by atoms with Gasteiger partial charge in [0.05, 0.1) is 11.8 Å². The Kier molecular flexibility index (Phi) is 5.33. The predicted octanol–water partition coefficient (Wildman–Crippen LogP) is 3.43. The largest absolute Gasteiger partial charge is 0.384 e. The number of aliphatic imine (C=N–C) groups is 1. The number of allylic oxidation sites excluding steroid dienone is 5. The van der Waals surface area contributed by atoms with Crippen LogP contribution in [-0.4, -0.2) is 48.3 Å². The molecule has 1 N–H and O–H groups in total. The minimum Gasteiger partial charge on any atom is -0.384 e. The zero-order valence-corrected chi connectivity index (χ0v) is 16.0. The standard InChI is InChI=1S/C21H26N4S/c22-8-6-17-4-5-20-21(14-17)16-26-15-18(21)19(7-9-24-20)23-10-13-25-11-2-1-3-12-25/h4-7,9,23H,1-3,10-16H2/b17-6-. The maximum absolute atomic E-state index is 9.06. The van der Waals surface area contributed by atoms with Gasteiger partial charge in [-0.3, -0.25) is 4.99 Å². The molecule has 0 bridgehead atoms. The third-order valence-electron chi connectivity index (χ3n) is 5.85. The molecule has 1 aliphatic carbocycles. The van der Waals surface area contributed by atoms with Crippen molar-refractivity contribution in [2.24, 2.45) is 10.4 Å². The molecule has 4 nitrogen and oxygen atoms in total. The first kappa shape index (κ1) is 17.6. The van der Waals surface area contributed by atoms with E-state index in [0.717, 1.165) is 42.3 Å². The van der Waals surface area contributed by atoms with E-state index in [2.05, 4.69) is 34.5 Å². The summed E-state index contributed by atoms with van der Waals surface area (Å²) in [7, 11) is 0. The molecule has 0 aromatic rings. The summed E-state index contributed by atoms with van der Waals surface area (Å²) in [5.74, 6) is 2.09. The molecule has 2 saturated heterocycles. The number of piperidine rings is 1. The van der Waals surface area contributed by atoms with Crippen LogP contribution in [0.15, 0.2) is 52.3 Å². The van der Waals surface area contributed by atoms with E-state index in [-0.39, 0.29) is 5.41 Å². The van der Waals surface area contributed by atoms with Gasteiger partial charge in [-0.1, -0.05) is 12.5 Å². The molecule has 1 unspecified atom stereocenters. The molecule has 0 saturated carbocycles. The van der Waals surface area contributed by atoms with Gasteiger partial charge in [0.1, 0.15) is 0 Å². The third-order valence-corrected chi connectivity index (χ3v) is 7.04. The van der Waals surface area contributed by atoms with E-state index in [1.54, 1.807) is 6.08 Å². The molecule has 136 valence electrons. The van der Waals surface area contributed by atoms with Gasteiger partial charge >= 0.3 is 0 Å². The third kappa shape index (κ3) is 3.41. The average molecular weight is 367 g/mol. The molecule has 0 amide bonds. The SMILES string of the molecule is N#C/C=C1/C=CC2=NC=CC(NCCN3CCCCC3)=C3CSCC23C1. The molecular formula is C21H26N4S. The highest BCUT2D eigenvalue weighted by molar-refractivity contribution is 7.99. The summed E-state index contributed by atoms with van der Waals surface area (Å²) >= 11 is 1.98. The molecule has 0 aromatic carbocycles. The van der Waals surface area contributed by atoms with Crippen LogP contribution in [0.3, 0.4) is 0 Å². The number of nitrogens with zero attached hydrogens (tertiary/aromatic N) is 3. The van der Waals surface area contributed by atoms with Crippen molar-refractivity contribution in [3.05, 3.63) is 47.3 Å². The summed E-state index contributed by atoms with van der Waals surface area (Å²) in [4.78, 5) is 7.32. The Balaban J connectivity index is 1.54. The van der Waals surface area contributed by atoms with E-state index in [9.17, 15) is 0 Å². The molecule has 5 heteroatoms. The first-order valence-electron chi connectivity index (χ1n) is 9.61. The monoisotopic (exact) mass is 366 g/mol. The Morgan fingerprint density at radius 2 is 2.15 bits per heavy atom. The second kappa shape index (κ2) is 7.85. The van der Waals surface area contributed by atoms with Crippen molar-refractivity contribution in [1.29, 1.82) is 5.26 Å². The smallest absolute Gasteiger partial charge is 0.0914 e. The Labute approximate surface area is 160 Å². The molecule has 3 aliphatic heterocycles. The second-order valence-electron chi connectivity index (χ2n) is 7.48. The Hall–Kier alpha value is -1.77. The number of nitriles is 1. The van der Waals surface area contributed by atoms with Crippen LogP contribution in [0.25, 0.3) is 0 Å². The number of hydrogen-bond acceptors (Lipinski definition) is 5. The van der Waals surface area contributed by atoms with Gasteiger partial charge in [-0.25, -0.2) is 0 Å². The van der Waals surface area contributed by atoms with Crippen molar-refractivity contribution in [2.75, 3.05) is 37.7 Å². The number of rotatable bonds is 4. The van der Waals surface area contributed by atoms with Crippen molar-refractivity contribution in [2.45, 2.75) is 25.7 Å². The fraction of sp³-hybridized carbons (Fsp3) is 0.524. The minimum atomic E-state index is -0.0426. The van der Waals surface area contributed by atoms with Gasteiger partial charge in [0.25, 0.3) is 0 Å². The lowest BCUT2D eigenvalue weighted by atomic mass is 9.70. The Bertz CT molecular complexity index is 746. The molecule has 1 atom stereocenters.